The lowest BCUT2D eigenvalue weighted by atomic mass is 10.0. The second-order valence-corrected chi connectivity index (χ2v) is 13.8. The van der Waals surface area contributed by atoms with Crippen LogP contribution in [0.15, 0.2) is 218 Å². The quantitative estimate of drug-likeness (QED) is 0.162. The molecule has 0 amide bonds. The van der Waals surface area contributed by atoms with Crippen LogP contribution >= 0.6 is 0 Å². The highest BCUT2D eigenvalue weighted by Gasteiger charge is 2.16. The van der Waals surface area contributed by atoms with Gasteiger partial charge in [0, 0.05) is 33.5 Å². The Hall–Kier alpha value is -7.16. The number of aromatic nitrogens is 1. The molecule has 0 spiro atoms. The van der Waals surface area contributed by atoms with Gasteiger partial charge in [0.15, 0.2) is 0 Å². The van der Waals surface area contributed by atoms with Crippen molar-refractivity contribution in [1.29, 1.82) is 0 Å². The van der Waals surface area contributed by atoms with Crippen LogP contribution < -0.4 is 4.90 Å². The van der Waals surface area contributed by atoms with Crippen molar-refractivity contribution in [2.45, 2.75) is 0 Å². The summed E-state index contributed by atoms with van der Waals surface area (Å²) in [6.07, 6.45) is 0. The minimum Gasteiger partial charge on any atom is -0.311 e. The van der Waals surface area contributed by atoms with Crippen molar-refractivity contribution in [2.75, 3.05) is 4.90 Å². The SMILES string of the molecule is c1ccc(-c2ccc(N(c3ccc(-c4ccc5ccccc5c4)cc3)c3ccc(-c4ccc5c6ccccc6n(-c6ccccc6)c5c4)cc3)cc2)cc1. The first kappa shape index (κ1) is 31.6. The highest BCUT2D eigenvalue weighted by molar-refractivity contribution is 6.10. The van der Waals surface area contributed by atoms with Crippen molar-refractivity contribution >= 4 is 49.6 Å². The van der Waals surface area contributed by atoms with Crippen LogP contribution in [0, 0.1) is 0 Å². The van der Waals surface area contributed by atoms with Crippen molar-refractivity contribution in [1.82, 2.24) is 4.57 Å². The van der Waals surface area contributed by atoms with E-state index in [0.29, 0.717) is 0 Å². The molecule has 1 aromatic heterocycles. The molecule has 0 bridgehead atoms. The summed E-state index contributed by atoms with van der Waals surface area (Å²) in [4.78, 5) is 2.35. The van der Waals surface area contributed by atoms with Gasteiger partial charge in [0.1, 0.15) is 0 Å². The standard InChI is InChI=1S/C52H36N2/c1-3-11-37(12-4-1)39-21-28-46(29-22-39)53(47-30-23-40(24-31-47)43-20-19-38-13-7-8-14-42(38)35-43)48-32-25-41(26-33-48)44-27-34-50-49-17-9-10-18-51(49)54(52(50)36-44)45-15-5-2-6-16-45/h1-36H. The van der Waals surface area contributed by atoms with Crippen molar-refractivity contribution < 1.29 is 0 Å². The fourth-order valence-electron chi connectivity index (χ4n) is 7.86. The van der Waals surface area contributed by atoms with Crippen molar-refractivity contribution in [3.05, 3.63) is 218 Å². The highest BCUT2D eigenvalue weighted by Crippen LogP contribution is 2.39. The minimum absolute atomic E-state index is 1.10. The summed E-state index contributed by atoms with van der Waals surface area (Å²) in [5, 5.41) is 5.02. The summed E-state index contributed by atoms with van der Waals surface area (Å²) in [6, 6.07) is 78.8. The number of hydrogen-bond acceptors (Lipinski definition) is 1. The van der Waals surface area contributed by atoms with Crippen LogP contribution in [0.4, 0.5) is 17.1 Å². The second kappa shape index (κ2) is 13.4. The van der Waals surface area contributed by atoms with E-state index < -0.39 is 0 Å². The van der Waals surface area contributed by atoms with E-state index in [1.807, 2.05) is 0 Å². The monoisotopic (exact) mass is 688 g/mol. The zero-order chi connectivity index (χ0) is 35.8. The van der Waals surface area contributed by atoms with E-state index in [1.165, 1.54) is 66.0 Å². The van der Waals surface area contributed by atoms with Gasteiger partial charge in [-0.3, -0.25) is 0 Å². The van der Waals surface area contributed by atoms with Crippen LogP contribution in [0.1, 0.15) is 0 Å². The van der Waals surface area contributed by atoms with Gasteiger partial charge in [0.2, 0.25) is 0 Å². The summed E-state index contributed by atoms with van der Waals surface area (Å²) >= 11 is 0. The number of rotatable bonds is 7. The molecule has 0 N–H and O–H groups in total. The third kappa shape index (κ3) is 5.71. The van der Waals surface area contributed by atoms with Crippen LogP contribution in [0.25, 0.3) is 71.6 Å². The number of anilines is 3. The molecular formula is C52H36N2. The lowest BCUT2D eigenvalue weighted by Gasteiger charge is -2.26. The molecule has 2 nitrogen and oxygen atoms in total. The number of fused-ring (bicyclic) bond motifs is 4. The molecule has 0 fully saturated rings. The molecule has 0 aliphatic rings. The van der Waals surface area contributed by atoms with Crippen molar-refractivity contribution in [3.63, 3.8) is 0 Å². The van der Waals surface area contributed by atoms with E-state index >= 15 is 0 Å². The Morgan fingerprint density at radius 1 is 0.278 bits per heavy atom. The van der Waals surface area contributed by atoms with Crippen molar-refractivity contribution in [3.8, 4) is 39.1 Å². The Morgan fingerprint density at radius 2 is 0.722 bits per heavy atom. The van der Waals surface area contributed by atoms with Crippen LogP contribution in [-0.2, 0) is 0 Å². The van der Waals surface area contributed by atoms with Gasteiger partial charge in [-0.1, -0.05) is 152 Å². The van der Waals surface area contributed by atoms with Crippen LogP contribution in [0.2, 0.25) is 0 Å². The summed E-state index contributed by atoms with van der Waals surface area (Å²) in [7, 11) is 0. The predicted octanol–water partition coefficient (Wildman–Crippen LogP) is 14.4. The maximum atomic E-state index is 2.38. The Morgan fingerprint density at radius 3 is 1.37 bits per heavy atom. The molecular weight excluding hydrogens is 653 g/mol. The first-order valence-corrected chi connectivity index (χ1v) is 18.5. The summed E-state index contributed by atoms with van der Waals surface area (Å²) in [5.41, 5.74) is 14.1. The van der Waals surface area contributed by atoms with Gasteiger partial charge in [-0.2, -0.15) is 0 Å². The third-order valence-corrected chi connectivity index (χ3v) is 10.6. The lowest BCUT2D eigenvalue weighted by molar-refractivity contribution is 1.18. The average Bonchev–Trinajstić information content (AvgIpc) is 3.59. The number of para-hydroxylation sites is 2. The van der Waals surface area contributed by atoms with Gasteiger partial charge < -0.3 is 9.47 Å². The highest BCUT2D eigenvalue weighted by atomic mass is 15.1. The predicted molar refractivity (Wildman–Crippen MR) is 229 cm³/mol. The van der Waals surface area contributed by atoms with Gasteiger partial charge in [-0.05, 0) is 111 Å². The molecule has 0 aliphatic heterocycles. The van der Waals surface area contributed by atoms with Crippen molar-refractivity contribution in [2.24, 2.45) is 0 Å². The largest absolute Gasteiger partial charge is 0.311 e. The Balaban J connectivity index is 1.04. The Labute approximate surface area is 315 Å². The fourth-order valence-corrected chi connectivity index (χ4v) is 7.86. The molecule has 0 saturated heterocycles. The van der Waals surface area contributed by atoms with E-state index in [2.05, 4.69) is 228 Å². The first-order chi connectivity index (χ1) is 26.8. The molecule has 0 atom stereocenters. The van der Waals surface area contributed by atoms with E-state index in [1.54, 1.807) is 0 Å². The fraction of sp³-hybridized carbons (Fsp3) is 0. The Bertz CT molecular complexity index is 2890. The second-order valence-electron chi connectivity index (χ2n) is 13.8. The summed E-state index contributed by atoms with van der Waals surface area (Å²) < 4.78 is 2.38. The van der Waals surface area contributed by atoms with Crippen LogP contribution in [0.5, 0.6) is 0 Å². The molecule has 2 heteroatoms. The topological polar surface area (TPSA) is 8.17 Å². The molecule has 0 saturated carbocycles. The number of nitrogens with zero attached hydrogens (tertiary/aromatic N) is 2. The molecule has 9 aromatic carbocycles. The maximum Gasteiger partial charge on any atom is 0.0547 e. The van der Waals surface area contributed by atoms with E-state index in [9.17, 15) is 0 Å². The van der Waals surface area contributed by atoms with Gasteiger partial charge in [0.25, 0.3) is 0 Å². The van der Waals surface area contributed by atoms with E-state index in [4.69, 9.17) is 0 Å². The molecule has 10 aromatic rings. The molecule has 54 heavy (non-hydrogen) atoms. The van der Waals surface area contributed by atoms with Gasteiger partial charge in [-0.15, -0.1) is 0 Å². The number of hydrogen-bond donors (Lipinski definition) is 0. The first-order valence-electron chi connectivity index (χ1n) is 18.5. The third-order valence-electron chi connectivity index (χ3n) is 10.6. The minimum atomic E-state index is 1.10. The van der Waals surface area contributed by atoms with Crippen LogP contribution in [0.3, 0.4) is 0 Å². The molecule has 254 valence electrons. The Kier molecular flexibility index (Phi) is 7.85. The summed E-state index contributed by atoms with van der Waals surface area (Å²) in [5.74, 6) is 0. The van der Waals surface area contributed by atoms with Gasteiger partial charge in [0.05, 0.1) is 11.0 Å². The summed E-state index contributed by atoms with van der Waals surface area (Å²) in [6.45, 7) is 0. The maximum absolute atomic E-state index is 2.38. The molecule has 1 heterocycles. The van der Waals surface area contributed by atoms with Gasteiger partial charge >= 0.3 is 0 Å². The lowest BCUT2D eigenvalue weighted by Crippen LogP contribution is -2.09. The zero-order valence-electron chi connectivity index (χ0n) is 29.7. The van der Waals surface area contributed by atoms with E-state index in [0.717, 1.165) is 22.7 Å². The normalized spacial score (nSPS) is 11.3. The smallest absolute Gasteiger partial charge is 0.0547 e. The zero-order valence-corrected chi connectivity index (χ0v) is 29.7. The van der Waals surface area contributed by atoms with Gasteiger partial charge in [-0.25, -0.2) is 0 Å². The molecule has 10 rings (SSSR count). The van der Waals surface area contributed by atoms with Crippen LogP contribution in [-0.4, -0.2) is 4.57 Å². The number of benzene rings is 9. The molecule has 0 unspecified atom stereocenters. The molecule has 0 aliphatic carbocycles. The van der Waals surface area contributed by atoms with E-state index in [-0.39, 0.29) is 0 Å². The molecule has 0 radical (unpaired) electrons. The average molecular weight is 689 g/mol.